The number of rotatable bonds is 4. The summed E-state index contributed by atoms with van der Waals surface area (Å²) < 4.78 is 2.21. The van der Waals surface area contributed by atoms with Crippen LogP contribution in [0.3, 0.4) is 0 Å². The van der Waals surface area contributed by atoms with Crippen LogP contribution in [-0.2, 0) is 16.6 Å². The molecule has 5 nitrogen and oxygen atoms in total. The van der Waals surface area contributed by atoms with E-state index in [0.29, 0.717) is 15.0 Å². The highest BCUT2D eigenvalue weighted by Gasteiger charge is 2.39. The third kappa shape index (κ3) is 4.11. The predicted octanol–water partition coefficient (Wildman–Crippen LogP) is 6.22. The first-order chi connectivity index (χ1) is 15.1. The zero-order valence-corrected chi connectivity index (χ0v) is 20.9. The molecule has 0 radical (unpaired) electrons. The molecule has 1 aromatic carbocycles. The number of carbonyl (C=O) groups is 1. The normalized spacial score (nSPS) is 18.2. The van der Waals surface area contributed by atoms with Crippen molar-refractivity contribution in [1.29, 1.82) is 5.41 Å². The Balaban J connectivity index is 1.65. The molecule has 166 valence electrons. The summed E-state index contributed by atoms with van der Waals surface area (Å²) in [6.45, 7) is 12.8. The number of Topliss-reactive ketones (excluding diaryl/α,β-unsaturated/α-hetero) is 1. The second kappa shape index (κ2) is 8.45. The second-order valence-corrected chi connectivity index (χ2v) is 11.3. The molecule has 0 amide bonds. The maximum atomic E-state index is 13.1. The lowest BCUT2D eigenvalue weighted by Crippen LogP contribution is -2.11. The Morgan fingerprint density at radius 2 is 1.84 bits per heavy atom. The van der Waals surface area contributed by atoms with Gasteiger partial charge in [0.25, 0.3) is 0 Å². The number of thioether (sulfide) groups is 1. The predicted molar refractivity (Wildman–Crippen MR) is 134 cm³/mol. The molecule has 0 aliphatic carbocycles. The van der Waals surface area contributed by atoms with Crippen LogP contribution in [0.4, 0.5) is 0 Å². The first-order valence-electron chi connectivity index (χ1n) is 10.7. The standard InChI is InChI=1S/C25H28N4OS2/c1-7-20-27-28-24(32-20)21-22(30)19(31-23(21)26)13-16-12-14(2)29(15(16)3)18-10-8-17(9-11-18)25(4,5)6/h8-13,21,26H,7H2,1-6H3/b19-13-,26-23?/t21-/m0/s1. The van der Waals surface area contributed by atoms with E-state index in [1.165, 1.54) is 28.7 Å². The summed E-state index contributed by atoms with van der Waals surface area (Å²) in [6.07, 6.45) is 2.70. The van der Waals surface area contributed by atoms with E-state index in [0.717, 1.165) is 34.1 Å². The Kier molecular flexibility index (Phi) is 5.98. The molecule has 0 unspecified atom stereocenters. The molecular formula is C25H28N4OS2. The first kappa shape index (κ1) is 22.7. The number of hydrogen-bond donors (Lipinski definition) is 1. The molecule has 0 bridgehead atoms. The Morgan fingerprint density at radius 3 is 2.44 bits per heavy atom. The van der Waals surface area contributed by atoms with Gasteiger partial charge in [0.05, 0.1) is 9.95 Å². The van der Waals surface area contributed by atoms with Gasteiger partial charge in [0.1, 0.15) is 15.9 Å². The molecule has 32 heavy (non-hydrogen) atoms. The molecule has 7 heteroatoms. The molecule has 1 aliphatic heterocycles. The molecule has 0 spiro atoms. The van der Waals surface area contributed by atoms with Crippen molar-refractivity contribution in [2.45, 2.75) is 59.3 Å². The molecule has 1 fully saturated rings. The topological polar surface area (TPSA) is 71.6 Å². The Hall–Kier alpha value is -2.51. The van der Waals surface area contributed by atoms with Crippen LogP contribution in [-0.4, -0.2) is 25.6 Å². The summed E-state index contributed by atoms with van der Waals surface area (Å²) in [6, 6.07) is 10.8. The van der Waals surface area contributed by atoms with Crippen molar-refractivity contribution in [2.75, 3.05) is 0 Å². The fourth-order valence-electron chi connectivity index (χ4n) is 3.92. The van der Waals surface area contributed by atoms with E-state index in [1.807, 2.05) is 13.0 Å². The molecule has 1 aliphatic rings. The van der Waals surface area contributed by atoms with Crippen molar-refractivity contribution in [2.24, 2.45) is 0 Å². The maximum absolute atomic E-state index is 13.1. The van der Waals surface area contributed by atoms with Crippen molar-refractivity contribution in [3.8, 4) is 5.69 Å². The van der Waals surface area contributed by atoms with Crippen LogP contribution < -0.4 is 0 Å². The number of ketones is 1. The Labute approximate surface area is 197 Å². The number of nitrogens with one attached hydrogen (secondary N) is 1. The number of nitrogens with zero attached hydrogens (tertiary/aromatic N) is 3. The van der Waals surface area contributed by atoms with Gasteiger partial charge in [-0.25, -0.2) is 0 Å². The molecular weight excluding hydrogens is 436 g/mol. The van der Waals surface area contributed by atoms with Gasteiger partial charge in [-0.15, -0.1) is 21.5 Å². The summed E-state index contributed by atoms with van der Waals surface area (Å²) in [5.74, 6) is -0.671. The van der Waals surface area contributed by atoms with Gasteiger partial charge in [-0.05, 0) is 61.1 Å². The lowest BCUT2D eigenvalue weighted by molar-refractivity contribution is -0.114. The van der Waals surface area contributed by atoms with Gasteiger partial charge >= 0.3 is 0 Å². The number of aryl methyl sites for hydroxylation is 2. The fourth-order valence-corrected chi connectivity index (χ4v) is 5.87. The van der Waals surface area contributed by atoms with Crippen LogP contribution in [0.15, 0.2) is 35.2 Å². The van der Waals surface area contributed by atoms with Gasteiger partial charge in [0, 0.05) is 17.1 Å². The van der Waals surface area contributed by atoms with E-state index in [9.17, 15) is 4.79 Å². The van der Waals surface area contributed by atoms with Gasteiger partial charge in [0.2, 0.25) is 0 Å². The average Bonchev–Trinajstić information content (AvgIpc) is 3.38. The van der Waals surface area contributed by atoms with Crippen LogP contribution in [0.5, 0.6) is 0 Å². The number of aromatic nitrogens is 3. The molecule has 1 atom stereocenters. The van der Waals surface area contributed by atoms with E-state index in [-0.39, 0.29) is 11.2 Å². The minimum Gasteiger partial charge on any atom is -0.318 e. The van der Waals surface area contributed by atoms with Gasteiger partial charge in [-0.2, -0.15) is 0 Å². The number of hydrogen-bond acceptors (Lipinski definition) is 6. The van der Waals surface area contributed by atoms with Crippen molar-refractivity contribution >= 4 is 40.0 Å². The van der Waals surface area contributed by atoms with Gasteiger partial charge in [-0.3, -0.25) is 10.2 Å². The van der Waals surface area contributed by atoms with Crippen molar-refractivity contribution < 1.29 is 4.79 Å². The number of allylic oxidation sites excluding steroid dienone is 1. The van der Waals surface area contributed by atoms with Crippen molar-refractivity contribution in [3.05, 3.63) is 67.8 Å². The maximum Gasteiger partial charge on any atom is 0.186 e. The lowest BCUT2D eigenvalue weighted by atomic mass is 9.87. The lowest BCUT2D eigenvalue weighted by Gasteiger charge is -2.20. The SMILES string of the molecule is CCc1nnc([C@@H]2C(=N)S/C(=C\c3cc(C)n(-c4ccc(C(C)(C)C)cc4)c3C)C2=O)s1. The minimum absolute atomic E-state index is 0.0573. The highest BCUT2D eigenvalue weighted by Crippen LogP contribution is 2.42. The van der Waals surface area contributed by atoms with E-state index >= 15 is 0 Å². The van der Waals surface area contributed by atoms with Crippen molar-refractivity contribution in [3.63, 3.8) is 0 Å². The molecule has 3 aromatic rings. The monoisotopic (exact) mass is 464 g/mol. The molecule has 0 saturated carbocycles. The Bertz CT molecular complexity index is 1230. The molecule has 4 rings (SSSR count). The smallest absolute Gasteiger partial charge is 0.186 e. The largest absolute Gasteiger partial charge is 0.318 e. The van der Waals surface area contributed by atoms with Gasteiger partial charge in [-0.1, -0.05) is 51.6 Å². The van der Waals surface area contributed by atoms with E-state index in [1.54, 1.807) is 0 Å². The zero-order chi connectivity index (χ0) is 23.2. The van der Waals surface area contributed by atoms with Gasteiger partial charge in [0.15, 0.2) is 5.78 Å². The highest BCUT2D eigenvalue weighted by molar-refractivity contribution is 8.19. The van der Waals surface area contributed by atoms with E-state index in [4.69, 9.17) is 5.41 Å². The first-order valence-corrected chi connectivity index (χ1v) is 12.4. The quantitative estimate of drug-likeness (QED) is 0.465. The fraction of sp³-hybridized carbons (Fsp3) is 0.360. The van der Waals surface area contributed by atoms with Crippen LogP contribution in [0, 0.1) is 19.3 Å². The van der Waals surface area contributed by atoms with Crippen LogP contribution >= 0.6 is 23.1 Å². The highest BCUT2D eigenvalue weighted by atomic mass is 32.2. The summed E-state index contributed by atoms with van der Waals surface area (Å²) in [7, 11) is 0. The minimum atomic E-state index is -0.613. The van der Waals surface area contributed by atoms with E-state index < -0.39 is 5.92 Å². The Morgan fingerprint density at radius 1 is 1.16 bits per heavy atom. The van der Waals surface area contributed by atoms with Crippen molar-refractivity contribution in [1.82, 2.24) is 14.8 Å². The molecule has 2 aromatic heterocycles. The van der Waals surface area contributed by atoms with Gasteiger partial charge < -0.3 is 4.57 Å². The third-order valence-corrected chi connectivity index (χ3v) is 7.89. The third-order valence-electron chi connectivity index (χ3n) is 5.77. The van der Waals surface area contributed by atoms with E-state index in [2.05, 4.69) is 79.7 Å². The molecule has 1 N–H and O–H groups in total. The molecule has 3 heterocycles. The van der Waals surface area contributed by atoms with Crippen LogP contribution in [0.1, 0.15) is 66.1 Å². The number of benzene rings is 1. The number of carbonyl (C=O) groups excluding carboxylic acids is 1. The summed E-state index contributed by atoms with van der Waals surface area (Å²) in [4.78, 5) is 13.7. The molecule has 1 saturated heterocycles. The summed E-state index contributed by atoms with van der Waals surface area (Å²) >= 11 is 2.66. The zero-order valence-electron chi connectivity index (χ0n) is 19.3. The van der Waals surface area contributed by atoms with Crippen LogP contribution in [0.25, 0.3) is 11.8 Å². The van der Waals surface area contributed by atoms with Crippen LogP contribution in [0.2, 0.25) is 0 Å². The summed E-state index contributed by atoms with van der Waals surface area (Å²) in [5, 5.41) is 18.5. The summed E-state index contributed by atoms with van der Waals surface area (Å²) in [5.41, 5.74) is 5.70. The average molecular weight is 465 g/mol. The second-order valence-electron chi connectivity index (χ2n) is 9.12.